The van der Waals surface area contributed by atoms with Crippen LogP contribution in [0.2, 0.25) is 0 Å². The highest BCUT2D eigenvalue weighted by molar-refractivity contribution is 5.12. The van der Waals surface area contributed by atoms with Crippen molar-refractivity contribution >= 4 is 0 Å². The zero-order valence-corrected chi connectivity index (χ0v) is 20.3. The summed E-state index contributed by atoms with van der Waals surface area (Å²) in [7, 11) is 6.41. The second-order valence-corrected chi connectivity index (χ2v) is 8.26. The van der Waals surface area contributed by atoms with Crippen LogP contribution in [0.5, 0.6) is 0 Å². The van der Waals surface area contributed by atoms with Crippen LogP contribution in [0.1, 0.15) is 59.8 Å². The molecule has 0 spiro atoms. The van der Waals surface area contributed by atoms with Gasteiger partial charge < -0.3 is 29.2 Å². The first-order valence-corrected chi connectivity index (χ1v) is 11.0. The molecule has 6 nitrogen and oxygen atoms in total. The molecule has 7 unspecified atom stereocenters. The number of allylic oxidation sites excluding steroid dienone is 2. The Morgan fingerprint density at radius 2 is 1.53 bits per heavy atom. The monoisotopic (exact) mass is 430 g/mol. The highest BCUT2D eigenvalue weighted by Crippen LogP contribution is 2.21. The zero-order chi connectivity index (χ0) is 23.1. The Kier molecular flexibility index (Phi) is 16.4. The number of ether oxygens (including phenoxy) is 4. The predicted octanol–water partition coefficient (Wildman–Crippen LogP) is 4.10. The summed E-state index contributed by atoms with van der Waals surface area (Å²) < 4.78 is 21.3. The Labute approximate surface area is 184 Å². The first-order valence-electron chi connectivity index (χ1n) is 11.0. The van der Waals surface area contributed by atoms with Crippen molar-refractivity contribution in [3.05, 3.63) is 23.8 Å². The normalized spacial score (nSPS) is 20.0. The van der Waals surface area contributed by atoms with Crippen LogP contribution in [0.25, 0.3) is 0 Å². The molecular weight excluding hydrogens is 384 g/mol. The Balaban J connectivity index is 4.59. The molecule has 0 aliphatic heterocycles. The van der Waals surface area contributed by atoms with Gasteiger partial charge in [-0.15, -0.1) is 0 Å². The second kappa shape index (κ2) is 16.9. The van der Waals surface area contributed by atoms with Crippen molar-refractivity contribution in [2.45, 2.75) is 90.5 Å². The summed E-state index contributed by atoms with van der Waals surface area (Å²) in [5, 5.41) is 20.3. The molecule has 0 aromatic heterocycles. The van der Waals surface area contributed by atoms with Crippen molar-refractivity contribution in [1.82, 2.24) is 0 Å². The van der Waals surface area contributed by atoms with E-state index in [1.54, 1.807) is 21.3 Å². The lowest BCUT2D eigenvalue weighted by atomic mass is 9.91. The highest BCUT2D eigenvalue weighted by Gasteiger charge is 2.23. The minimum atomic E-state index is -0.974. The van der Waals surface area contributed by atoms with E-state index in [0.717, 1.165) is 31.3 Å². The van der Waals surface area contributed by atoms with Gasteiger partial charge in [-0.3, -0.25) is 0 Å². The van der Waals surface area contributed by atoms with Gasteiger partial charge in [-0.2, -0.15) is 0 Å². The fourth-order valence-electron chi connectivity index (χ4n) is 3.64. The van der Waals surface area contributed by atoms with Gasteiger partial charge in [0.05, 0.1) is 18.3 Å². The van der Waals surface area contributed by atoms with E-state index in [-0.39, 0.29) is 24.2 Å². The molecule has 0 rings (SSSR count). The van der Waals surface area contributed by atoms with Crippen LogP contribution < -0.4 is 0 Å². The standard InChI is InChI=1S/C24H46O6/c1-9-22(28-6)19(4)13-14-21(25)18(3)12-10-11-17(2)15-20(27-5)16-23(29-7)24(26)30-8/h10-12,18-26H,9,13-16H2,1-8H3/b12-10+,17-11+. The van der Waals surface area contributed by atoms with Gasteiger partial charge in [0, 0.05) is 40.8 Å². The maximum atomic E-state index is 10.5. The summed E-state index contributed by atoms with van der Waals surface area (Å²) in [5.41, 5.74) is 1.15. The third kappa shape index (κ3) is 11.6. The molecule has 0 amide bonds. The van der Waals surface area contributed by atoms with Gasteiger partial charge in [-0.1, -0.05) is 44.6 Å². The van der Waals surface area contributed by atoms with Gasteiger partial charge in [0.15, 0.2) is 6.29 Å². The van der Waals surface area contributed by atoms with Crippen LogP contribution in [-0.2, 0) is 18.9 Å². The van der Waals surface area contributed by atoms with Crippen LogP contribution in [0, 0.1) is 11.8 Å². The Morgan fingerprint density at radius 3 is 2.03 bits per heavy atom. The molecule has 0 fully saturated rings. The topological polar surface area (TPSA) is 77.4 Å². The van der Waals surface area contributed by atoms with Crippen LogP contribution in [0.4, 0.5) is 0 Å². The van der Waals surface area contributed by atoms with Gasteiger partial charge in [-0.25, -0.2) is 0 Å². The van der Waals surface area contributed by atoms with E-state index in [1.165, 1.54) is 7.11 Å². The SMILES string of the molecule is CCC(OC)C(C)CCC(O)C(C)/C=C/C=C(\C)CC(CC(OC)C(O)OC)OC. The van der Waals surface area contributed by atoms with Crippen LogP contribution in [0.3, 0.4) is 0 Å². The van der Waals surface area contributed by atoms with E-state index in [4.69, 9.17) is 18.9 Å². The highest BCUT2D eigenvalue weighted by atomic mass is 16.6. The fourth-order valence-corrected chi connectivity index (χ4v) is 3.64. The number of aliphatic hydroxyl groups excluding tert-OH is 2. The summed E-state index contributed by atoms with van der Waals surface area (Å²) in [6.45, 7) is 8.40. The molecule has 0 saturated carbocycles. The first-order chi connectivity index (χ1) is 14.2. The van der Waals surface area contributed by atoms with Crippen molar-refractivity contribution in [1.29, 1.82) is 0 Å². The van der Waals surface area contributed by atoms with Crippen molar-refractivity contribution in [2.24, 2.45) is 11.8 Å². The molecule has 7 atom stereocenters. The summed E-state index contributed by atoms with van der Waals surface area (Å²) in [6, 6.07) is 0. The van der Waals surface area contributed by atoms with E-state index in [0.29, 0.717) is 12.3 Å². The maximum Gasteiger partial charge on any atom is 0.180 e. The number of hydrogen-bond donors (Lipinski definition) is 2. The first kappa shape index (κ1) is 29.2. The van der Waals surface area contributed by atoms with Gasteiger partial charge in [0.25, 0.3) is 0 Å². The Hall–Kier alpha value is -0.760. The lowest BCUT2D eigenvalue weighted by Gasteiger charge is -2.25. The van der Waals surface area contributed by atoms with E-state index in [9.17, 15) is 10.2 Å². The molecule has 0 aliphatic rings. The molecule has 0 aromatic rings. The number of aliphatic hydroxyl groups is 2. The molecule has 178 valence electrons. The molecular formula is C24H46O6. The molecule has 0 heterocycles. The summed E-state index contributed by atoms with van der Waals surface area (Å²) in [5.74, 6) is 0.517. The average molecular weight is 431 g/mol. The molecule has 6 heteroatoms. The lowest BCUT2D eigenvalue weighted by molar-refractivity contribution is -0.164. The molecule has 0 aliphatic carbocycles. The van der Waals surface area contributed by atoms with E-state index < -0.39 is 12.4 Å². The van der Waals surface area contributed by atoms with Crippen LogP contribution >= 0.6 is 0 Å². The summed E-state index contributed by atoms with van der Waals surface area (Å²) in [4.78, 5) is 0. The molecule has 0 radical (unpaired) electrons. The predicted molar refractivity (Wildman–Crippen MR) is 121 cm³/mol. The van der Waals surface area contributed by atoms with Crippen LogP contribution in [0.15, 0.2) is 23.8 Å². The average Bonchev–Trinajstić information content (AvgIpc) is 2.74. The summed E-state index contributed by atoms with van der Waals surface area (Å²) in [6.07, 6.45) is 8.45. The third-order valence-electron chi connectivity index (χ3n) is 5.90. The molecule has 0 aromatic carbocycles. The number of hydrogen-bond acceptors (Lipinski definition) is 6. The Morgan fingerprint density at radius 1 is 0.900 bits per heavy atom. The Bertz CT molecular complexity index is 474. The molecule has 30 heavy (non-hydrogen) atoms. The minimum absolute atomic E-state index is 0.0804. The third-order valence-corrected chi connectivity index (χ3v) is 5.90. The van der Waals surface area contributed by atoms with Gasteiger partial charge in [0.2, 0.25) is 0 Å². The maximum absolute atomic E-state index is 10.5. The second-order valence-electron chi connectivity index (χ2n) is 8.26. The van der Waals surface area contributed by atoms with Crippen molar-refractivity contribution in [3.63, 3.8) is 0 Å². The zero-order valence-electron chi connectivity index (χ0n) is 20.3. The fraction of sp³-hybridized carbons (Fsp3) is 0.833. The smallest absolute Gasteiger partial charge is 0.180 e. The van der Waals surface area contributed by atoms with Crippen molar-refractivity contribution in [2.75, 3.05) is 28.4 Å². The van der Waals surface area contributed by atoms with Crippen molar-refractivity contribution in [3.8, 4) is 0 Å². The quantitative estimate of drug-likeness (QED) is 0.267. The largest absolute Gasteiger partial charge is 0.393 e. The van der Waals surface area contributed by atoms with Crippen molar-refractivity contribution < 1.29 is 29.2 Å². The van der Waals surface area contributed by atoms with E-state index in [1.807, 2.05) is 32.1 Å². The lowest BCUT2D eigenvalue weighted by Crippen LogP contribution is -2.33. The van der Waals surface area contributed by atoms with E-state index in [2.05, 4.69) is 13.8 Å². The van der Waals surface area contributed by atoms with Crippen LogP contribution in [-0.4, -0.2) is 69.4 Å². The molecule has 0 saturated heterocycles. The number of methoxy groups -OCH3 is 4. The van der Waals surface area contributed by atoms with Gasteiger partial charge in [-0.05, 0) is 38.5 Å². The molecule has 2 N–H and O–H groups in total. The van der Waals surface area contributed by atoms with E-state index >= 15 is 0 Å². The molecule has 0 bridgehead atoms. The van der Waals surface area contributed by atoms with Gasteiger partial charge >= 0.3 is 0 Å². The summed E-state index contributed by atoms with van der Waals surface area (Å²) >= 11 is 0. The van der Waals surface area contributed by atoms with Gasteiger partial charge in [0.1, 0.15) is 6.10 Å². The minimum Gasteiger partial charge on any atom is -0.393 e. The number of rotatable bonds is 17.